The topological polar surface area (TPSA) is 119 Å². The summed E-state index contributed by atoms with van der Waals surface area (Å²) in [6.45, 7) is 8.81. The van der Waals surface area contributed by atoms with E-state index in [9.17, 15) is 24.6 Å². The minimum Gasteiger partial charge on any atom is -0.463 e. The van der Waals surface area contributed by atoms with Gasteiger partial charge in [0.15, 0.2) is 0 Å². The van der Waals surface area contributed by atoms with Gasteiger partial charge in [0, 0.05) is 18.6 Å². The third kappa shape index (κ3) is 5.05. The van der Waals surface area contributed by atoms with E-state index in [1.807, 2.05) is 0 Å². The zero-order chi connectivity index (χ0) is 26.0. The Hall–Kier alpha value is -2.19. The Morgan fingerprint density at radius 1 is 1.26 bits per heavy atom. The molecular weight excluding hydrogens is 452 g/mol. The van der Waals surface area contributed by atoms with Gasteiger partial charge in [0.05, 0.1) is 11.5 Å². The zero-order valence-corrected chi connectivity index (χ0v) is 21.6. The fraction of sp³-hybridized carbons (Fsp3) is 0.741. The molecule has 0 aromatic rings. The first-order valence-electron chi connectivity index (χ1n) is 12.6. The van der Waals surface area contributed by atoms with Crippen molar-refractivity contribution in [3.8, 4) is 0 Å². The zero-order valence-electron chi connectivity index (χ0n) is 21.6. The van der Waals surface area contributed by atoms with Gasteiger partial charge >= 0.3 is 17.9 Å². The van der Waals surface area contributed by atoms with Gasteiger partial charge < -0.3 is 24.4 Å². The van der Waals surface area contributed by atoms with Gasteiger partial charge in [-0.2, -0.15) is 0 Å². The highest BCUT2D eigenvalue weighted by atomic mass is 16.6. The molecule has 2 fully saturated rings. The van der Waals surface area contributed by atoms with Crippen molar-refractivity contribution in [2.24, 2.45) is 22.7 Å². The Balaban J connectivity index is 2.02. The third-order valence-corrected chi connectivity index (χ3v) is 9.08. The number of rotatable bonds is 8. The normalized spacial score (nSPS) is 37.2. The highest BCUT2D eigenvalue weighted by Gasteiger charge is 2.68. The standard InChI is InChI=1S/C27H40O8/c1-6-17(2)24(31)35-16-27-21(8-7-10-26(27,32)15-34-19(4)28)25(5,18(3)12-22(27)29)11-9-20-13-23(30)33-14-20/h6,13,18,21-22,29,32H,7-12,14-16H2,1-5H3/b17-6+/t18-,21-,22+,25+,26+,27+/m1/s1. The fourth-order valence-corrected chi connectivity index (χ4v) is 6.62. The van der Waals surface area contributed by atoms with Crippen molar-refractivity contribution in [2.75, 3.05) is 19.8 Å². The van der Waals surface area contributed by atoms with Crippen LogP contribution < -0.4 is 0 Å². The average molecular weight is 493 g/mol. The second kappa shape index (κ2) is 10.4. The second-order valence-corrected chi connectivity index (χ2v) is 10.9. The van der Waals surface area contributed by atoms with Crippen LogP contribution in [0.5, 0.6) is 0 Å². The molecule has 3 rings (SSSR count). The van der Waals surface area contributed by atoms with Crippen molar-refractivity contribution in [1.29, 1.82) is 0 Å². The molecule has 2 aliphatic carbocycles. The number of aliphatic hydroxyl groups excluding tert-OH is 1. The molecule has 0 aromatic carbocycles. The first kappa shape index (κ1) is 27.4. The van der Waals surface area contributed by atoms with E-state index in [0.717, 1.165) is 18.4 Å². The van der Waals surface area contributed by atoms with Gasteiger partial charge in [-0.1, -0.05) is 26.3 Å². The highest BCUT2D eigenvalue weighted by Crippen LogP contribution is 2.64. The monoisotopic (exact) mass is 492 g/mol. The number of carbonyl (C=O) groups excluding carboxylic acids is 3. The lowest BCUT2D eigenvalue weighted by Crippen LogP contribution is -2.71. The number of esters is 3. The Bertz CT molecular complexity index is 907. The molecule has 0 saturated heterocycles. The maximum Gasteiger partial charge on any atom is 0.333 e. The van der Waals surface area contributed by atoms with Crippen LogP contribution in [-0.4, -0.2) is 59.6 Å². The molecule has 6 atom stereocenters. The van der Waals surface area contributed by atoms with E-state index < -0.39 is 29.1 Å². The average Bonchev–Trinajstić information content (AvgIpc) is 3.23. The molecule has 1 aliphatic heterocycles. The lowest BCUT2D eigenvalue weighted by atomic mass is 9.42. The Morgan fingerprint density at radius 2 is 1.97 bits per heavy atom. The van der Waals surface area contributed by atoms with E-state index in [4.69, 9.17) is 14.2 Å². The molecule has 2 saturated carbocycles. The first-order valence-corrected chi connectivity index (χ1v) is 12.6. The van der Waals surface area contributed by atoms with E-state index in [2.05, 4.69) is 13.8 Å². The molecule has 0 unspecified atom stereocenters. The van der Waals surface area contributed by atoms with Crippen LogP contribution in [0.4, 0.5) is 0 Å². The fourth-order valence-electron chi connectivity index (χ4n) is 6.62. The van der Waals surface area contributed by atoms with Crippen molar-refractivity contribution in [3.05, 3.63) is 23.3 Å². The quantitative estimate of drug-likeness (QED) is 0.301. The molecule has 0 spiro atoms. The van der Waals surface area contributed by atoms with Crippen LogP contribution in [0.1, 0.15) is 73.1 Å². The molecule has 0 aromatic heterocycles. The van der Waals surface area contributed by atoms with Gasteiger partial charge in [-0.3, -0.25) is 4.79 Å². The molecule has 8 heteroatoms. The van der Waals surface area contributed by atoms with Crippen LogP contribution >= 0.6 is 0 Å². The molecule has 196 valence electrons. The summed E-state index contributed by atoms with van der Waals surface area (Å²) in [5.41, 5.74) is -1.73. The van der Waals surface area contributed by atoms with Crippen LogP contribution in [0, 0.1) is 22.7 Å². The molecule has 0 bridgehead atoms. The van der Waals surface area contributed by atoms with Gasteiger partial charge in [0.2, 0.25) is 0 Å². The molecule has 8 nitrogen and oxygen atoms in total. The van der Waals surface area contributed by atoms with Crippen LogP contribution in [0.2, 0.25) is 0 Å². The Kier molecular flexibility index (Phi) is 8.16. The lowest BCUT2D eigenvalue weighted by Gasteiger charge is -2.65. The molecule has 3 aliphatic rings. The van der Waals surface area contributed by atoms with Crippen LogP contribution in [0.25, 0.3) is 0 Å². The van der Waals surface area contributed by atoms with E-state index in [-0.39, 0.29) is 36.4 Å². The van der Waals surface area contributed by atoms with E-state index in [1.165, 1.54) is 6.92 Å². The molecule has 0 radical (unpaired) electrons. The van der Waals surface area contributed by atoms with Crippen molar-refractivity contribution in [2.45, 2.75) is 84.8 Å². The predicted molar refractivity (Wildman–Crippen MR) is 128 cm³/mol. The molecule has 0 amide bonds. The summed E-state index contributed by atoms with van der Waals surface area (Å²) in [4.78, 5) is 35.9. The maximum atomic E-state index is 12.6. The van der Waals surface area contributed by atoms with Gasteiger partial charge in [-0.25, -0.2) is 9.59 Å². The number of allylic oxidation sites excluding steroid dienone is 1. The highest BCUT2D eigenvalue weighted by molar-refractivity contribution is 5.87. The number of aliphatic hydroxyl groups is 2. The predicted octanol–water partition coefficient (Wildman–Crippen LogP) is 3.25. The van der Waals surface area contributed by atoms with E-state index in [1.54, 1.807) is 26.0 Å². The summed E-state index contributed by atoms with van der Waals surface area (Å²) < 4.78 is 16.1. The van der Waals surface area contributed by atoms with E-state index >= 15 is 0 Å². The maximum absolute atomic E-state index is 12.6. The summed E-state index contributed by atoms with van der Waals surface area (Å²) in [7, 11) is 0. The van der Waals surface area contributed by atoms with Crippen molar-refractivity contribution in [1.82, 2.24) is 0 Å². The minimum atomic E-state index is -1.56. The van der Waals surface area contributed by atoms with Crippen molar-refractivity contribution in [3.63, 3.8) is 0 Å². The van der Waals surface area contributed by atoms with Crippen LogP contribution in [0.15, 0.2) is 23.3 Å². The largest absolute Gasteiger partial charge is 0.463 e. The van der Waals surface area contributed by atoms with Crippen LogP contribution in [-0.2, 0) is 28.6 Å². The molecular formula is C27H40O8. The van der Waals surface area contributed by atoms with E-state index in [0.29, 0.717) is 37.9 Å². The van der Waals surface area contributed by atoms with Crippen molar-refractivity contribution < 1.29 is 38.8 Å². The Labute approximate surface area is 207 Å². The first-order chi connectivity index (χ1) is 16.4. The summed E-state index contributed by atoms with van der Waals surface area (Å²) in [6.07, 6.45) is 5.78. The van der Waals surface area contributed by atoms with Crippen molar-refractivity contribution >= 4 is 17.9 Å². The van der Waals surface area contributed by atoms with Gasteiger partial charge in [0.1, 0.15) is 25.4 Å². The summed E-state index contributed by atoms with van der Waals surface area (Å²) in [5.74, 6) is -1.44. The number of hydrogen-bond acceptors (Lipinski definition) is 8. The number of hydrogen-bond donors (Lipinski definition) is 2. The smallest absolute Gasteiger partial charge is 0.333 e. The number of ether oxygens (including phenoxy) is 3. The third-order valence-electron chi connectivity index (χ3n) is 9.08. The summed E-state index contributed by atoms with van der Waals surface area (Å²) in [5, 5.41) is 23.7. The summed E-state index contributed by atoms with van der Waals surface area (Å²) in [6, 6.07) is 0. The summed E-state index contributed by atoms with van der Waals surface area (Å²) >= 11 is 0. The number of fused-ring (bicyclic) bond motifs is 1. The SMILES string of the molecule is C/C=C(\C)C(=O)OC[C@@]12[C@H](CCC[C@]1(O)COC(C)=O)[C@@](C)(CCC1=CC(=O)OC1)[C@H](C)C[C@@H]2O. The molecule has 2 N–H and O–H groups in total. The minimum absolute atomic E-state index is 0.110. The molecule has 35 heavy (non-hydrogen) atoms. The van der Waals surface area contributed by atoms with Crippen LogP contribution in [0.3, 0.4) is 0 Å². The lowest BCUT2D eigenvalue weighted by molar-refractivity contribution is -0.280. The number of carbonyl (C=O) groups is 3. The second-order valence-electron chi connectivity index (χ2n) is 10.9. The Morgan fingerprint density at radius 3 is 2.57 bits per heavy atom. The van der Waals surface area contributed by atoms with Gasteiger partial charge in [-0.05, 0) is 68.8 Å². The number of cyclic esters (lactones) is 1. The van der Waals surface area contributed by atoms with Gasteiger partial charge in [0.25, 0.3) is 0 Å². The van der Waals surface area contributed by atoms with Gasteiger partial charge in [-0.15, -0.1) is 0 Å². The molecule has 1 heterocycles.